The Morgan fingerprint density at radius 2 is 1.59 bits per heavy atom. The summed E-state index contributed by atoms with van der Waals surface area (Å²) in [5, 5.41) is 10.7. The van der Waals surface area contributed by atoms with Gasteiger partial charge < -0.3 is 9.64 Å². The van der Waals surface area contributed by atoms with E-state index in [2.05, 4.69) is 0 Å². The lowest BCUT2D eigenvalue weighted by atomic mass is 10.1. The van der Waals surface area contributed by atoms with E-state index in [9.17, 15) is 19.7 Å². The van der Waals surface area contributed by atoms with Crippen LogP contribution in [0.15, 0.2) is 54.6 Å². The van der Waals surface area contributed by atoms with E-state index >= 15 is 0 Å². The van der Waals surface area contributed by atoms with Gasteiger partial charge in [0, 0.05) is 30.8 Å². The number of hydrogen-bond donors (Lipinski definition) is 0. The molecule has 0 saturated carbocycles. The minimum absolute atomic E-state index is 0.115. The van der Waals surface area contributed by atoms with Crippen LogP contribution in [0.3, 0.4) is 0 Å². The summed E-state index contributed by atoms with van der Waals surface area (Å²) < 4.78 is 5.54. The Morgan fingerprint density at radius 3 is 2.19 bits per heavy atom. The number of carbonyl (C=O) groups is 2. The number of ether oxygens (including phenoxy) is 1. The first-order valence-corrected chi connectivity index (χ1v) is 8.85. The molecule has 2 aromatic carbocycles. The van der Waals surface area contributed by atoms with E-state index in [-0.39, 0.29) is 17.2 Å². The van der Waals surface area contributed by atoms with E-state index < -0.39 is 17.0 Å². The number of nitro groups is 1. The smallest absolute Gasteiger partial charge is 0.339 e. The van der Waals surface area contributed by atoms with Gasteiger partial charge in [-0.1, -0.05) is 30.3 Å². The van der Waals surface area contributed by atoms with Gasteiger partial charge in [-0.15, -0.1) is 0 Å². The maximum atomic E-state index is 13.0. The number of piperidine rings is 1. The van der Waals surface area contributed by atoms with E-state index in [0.717, 1.165) is 19.3 Å². The fraction of sp³-hybridized carbons (Fsp3) is 0.300. The van der Waals surface area contributed by atoms with Gasteiger partial charge in [-0.05, 0) is 31.4 Å². The van der Waals surface area contributed by atoms with Crippen LogP contribution in [0.2, 0.25) is 0 Å². The number of hydrogen-bond acceptors (Lipinski definition) is 5. The number of nitro benzene ring substituents is 1. The van der Waals surface area contributed by atoms with Crippen molar-refractivity contribution in [3.05, 3.63) is 75.8 Å². The molecule has 0 spiro atoms. The largest absolute Gasteiger partial charge is 0.444 e. The van der Waals surface area contributed by atoms with Crippen molar-refractivity contribution in [2.45, 2.75) is 25.4 Å². The number of likely N-dealkylation sites (tertiary alicyclic amines) is 1. The van der Waals surface area contributed by atoms with Gasteiger partial charge in [-0.25, -0.2) is 4.79 Å². The van der Waals surface area contributed by atoms with Crippen molar-refractivity contribution in [3.8, 4) is 0 Å². The predicted molar refractivity (Wildman–Crippen MR) is 98.1 cm³/mol. The van der Waals surface area contributed by atoms with Gasteiger partial charge in [-0.2, -0.15) is 0 Å². The highest BCUT2D eigenvalue weighted by molar-refractivity contribution is 5.93. The van der Waals surface area contributed by atoms with Crippen molar-refractivity contribution in [3.63, 3.8) is 0 Å². The molecule has 1 fully saturated rings. The van der Waals surface area contributed by atoms with Crippen LogP contribution in [0.25, 0.3) is 0 Å². The Hall–Kier alpha value is -3.22. The second-order valence-corrected chi connectivity index (χ2v) is 6.39. The lowest BCUT2D eigenvalue weighted by Crippen LogP contribution is -2.40. The summed E-state index contributed by atoms with van der Waals surface area (Å²) >= 11 is 0. The predicted octanol–water partition coefficient (Wildman–Crippen LogP) is 3.51. The van der Waals surface area contributed by atoms with Gasteiger partial charge in [0.1, 0.15) is 0 Å². The molecule has 140 valence electrons. The Labute approximate surface area is 156 Å². The van der Waals surface area contributed by atoms with Gasteiger partial charge in [-0.3, -0.25) is 14.9 Å². The molecule has 0 radical (unpaired) electrons. The Morgan fingerprint density at radius 1 is 0.963 bits per heavy atom. The zero-order valence-electron chi connectivity index (χ0n) is 14.7. The first kappa shape index (κ1) is 18.6. The van der Waals surface area contributed by atoms with E-state index in [1.165, 1.54) is 24.3 Å². The second kappa shape index (κ2) is 8.44. The number of rotatable bonds is 5. The standard InChI is InChI=1S/C20H20N2O5/c23-19(21-13-5-2-6-14-21)18(15-7-3-1-4-8-15)27-20(24)16-9-11-17(12-10-16)22(25)26/h1,3-4,7-12,18H,2,5-6,13-14H2/t18-/m1/s1. The summed E-state index contributed by atoms with van der Waals surface area (Å²) in [4.78, 5) is 37.4. The van der Waals surface area contributed by atoms with Gasteiger partial charge >= 0.3 is 5.97 Å². The van der Waals surface area contributed by atoms with Crippen molar-refractivity contribution in [1.29, 1.82) is 0 Å². The minimum atomic E-state index is -1.04. The quantitative estimate of drug-likeness (QED) is 0.458. The lowest BCUT2D eigenvalue weighted by molar-refractivity contribution is -0.384. The fourth-order valence-electron chi connectivity index (χ4n) is 3.06. The molecule has 1 atom stereocenters. The highest BCUT2D eigenvalue weighted by atomic mass is 16.6. The van der Waals surface area contributed by atoms with E-state index in [0.29, 0.717) is 18.7 Å². The number of esters is 1. The maximum absolute atomic E-state index is 13.0. The van der Waals surface area contributed by atoms with E-state index in [1.54, 1.807) is 29.2 Å². The van der Waals surface area contributed by atoms with Crippen molar-refractivity contribution < 1.29 is 19.2 Å². The monoisotopic (exact) mass is 368 g/mol. The maximum Gasteiger partial charge on any atom is 0.339 e. The lowest BCUT2D eigenvalue weighted by Gasteiger charge is -2.30. The molecule has 7 nitrogen and oxygen atoms in total. The van der Waals surface area contributed by atoms with Crippen LogP contribution < -0.4 is 0 Å². The third-order valence-electron chi connectivity index (χ3n) is 4.53. The normalized spacial score (nSPS) is 15.0. The average Bonchev–Trinajstić information content (AvgIpc) is 2.72. The number of benzene rings is 2. The molecule has 1 heterocycles. The van der Waals surface area contributed by atoms with Crippen molar-refractivity contribution in [1.82, 2.24) is 4.90 Å². The molecular weight excluding hydrogens is 348 g/mol. The van der Waals surface area contributed by atoms with Crippen LogP contribution >= 0.6 is 0 Å². The van der Waals surface area contributed by atoms with Crippen LogP contribution in [-0.2, 0) is 9.53 Å². The molecule has 1 aliphatic heterocycles. The van der Waals surface area contributed by atoms with Crippen LogP contribution in [0.4, 0.5) is 5.69 Å². The van der Waals surface area contributed by atoms with Gasteiger partial charge in [0.15, 0.2) is 0 Å². The first-order chi connectivity index (χ1) is 13.1. The van der Waals surface area contributed by atoms with Crippen molar-refractivity contribution >= 4 is 17.6 Å². The summed E-state index contributed by atoms with van der Waals surface area (Å²) in [5.41, 5.74) is 0.645. The van der Waals surface area contributed by atoms with Gasteiger partial charge in [0.05, 0.1) is 10.5 Å². The summed E-state index contributed by atoms with van der Waals surface area (Å²) in [6.07, 6.45) is 1.92. The first-order valence-electron chi connectivity index (χ1n) is 8.85. The van der Waals surface area contributed by atoms with Crippen LogP contribution in [0.5, 0.6) is 0 Å². The summed E-state index contributed by atoms with van der Waals surface area (Å²) in [6.45, 7) is 1.30. The third kappa shape index (κ3) is 4.49. The van der Waals surface area contributed by atoms with Crippen LogP contribution in [0, 0.1) is 10.1 Å². The van der Waals surface area contributed by atoms with E-state index in [4.69, 9.17) is 4.74 Å². The van der Waals surface area contributed by atoms with Crippen LogP contribution in [0.1, 0.15) is 41.3 Å². The molecule has 0 N–H and O–H groups in total. The van der Waals surface area contributed by atoms with Crippen LogP contribution in [-0.4, -0.2) is 34.8 Å². The molecule has 1 aliphatic rings. The summed E-state index contributed by atoms with van der Waals surface area (Å²) in [5.74, 6) is -0.930. The molecular formula is C20H20N2O5. The highest BCUT2D eigenvalue weighted by Crippen LogP contribution is 2.24. The molecule has 0 aromatic heterocycles. The van der Waals surface area contributed by atoms with E-state index in [1.807, 2.05) is 6.07 Å². The number of carbonyl (C=O) groups excluding carboxylic acids is 2. The highest BCUT2D eigenvalue weighted by Gasteiger charge is 2.30. The number of amides is 1. The minimum Gasteiger partial charge on any atom is -0.444 e. The van der Waals surface area contributed by atoms with Gasteiger partial charge in [0.2, 0.25) is 6.10 Å². The van der Waals surface area contributed by atoms with Gasteiger partial charge in [0.25, 0.3) is 11.6 Å². The molecule has 0 bridgehead atoms. The van der Waals surface area contributed by atoms with Crippen molar-refractivity contribution in [2.75, 3.05) is 13.1 Å². The Bertz CT molecular complexity index is 814. The molecule has 1 saturated heterocycles. The summed E-state index contributed by atoms with van der Waals surface area (Å²) in [7, 11) is 0. The topological polar surface area (TPSA) is 89.8 Å². The molecule has 1 amide bonds. The number of nitrogens with zero attached hydrogens (tertiary/aromatic N) is 2. The zero-order valence-corrected chi connectivity index (χ0v) is 14.7. The molecule has 0 unspecified atom stereocenters. The molecule has 27 heavy (non-hydrogen) atoms. The fourth-order valence-corrected chi connectivity index (χ4v) is 3.06. The third-order valence-corrected chi connectivity index (χ3v) is 4.53. The SMILES string of the molecule is O=C(O[C@@H](C(=O)N1CCCCC1)c1ccccc1)c1ccc([N+](=O)[O-])cc1. The molecule has 2 aromatic rings. The zero-order chi connectivity index (χ0) is 19.2. The summed E-state index contributed by atoms with van der Waals surface area (Å²) in [6, 6.07) is 14.0. The van der Waals surface area contributed by atoms with Crippen molar-refractivity contribution in [2.24, 2.45) is 0 Å². The average molecular weight is 368 g/mol. The number of non-ortho nitro benzene ring substituents is 1. The Kier molecular flexibility index (Phi) is 5.80. The second-order valence-electron chi connectivity index (χ2n) is 6.39. The molecule has 7 heteroatoms. The Balaban J connectivity index is 1.81. The molecule has 3 rings (SSSR count). The molecule has 0 aliphatic carbocycles.